The van der Waals surface area contributed by atoms with E-state index in [0.717, 1.165) is 12.2 Å². The van der Waals surface area contributed by atoms with Crippen LogP contribution in [0.15, 0.2) is 33.5 Å². The number of carboxylic acids is 1. The highest BCUT2D eigenvalue weighted by molar-refractivity contribution is 5.92. The Morgan fingerprint density at radius 3 is 2.72 bits per heavy atom. The summed E-state index contributed by atoms with van der Waals surface area (Å²) in [5, 5.41) is 9.44. The smallest absolute Gasteiger partial charge is 0.351 e. The number of benzene rings is 1. The number of hydrogen-bond acceptors (Lipinski definition) is 4. The van der Waals surface area contributed by atoms with Gasteiger partial charge >= 0.3 is 11.6 Å². The SMILES string of the molecule is CCN(C)c1ccc2cc(C(=O)O)c(=O)oc2c1. The molecule has 0 aliphatic carbocycles. The summed E-state index contributed by atoms with van der Waals surface area (Å²) in [6.45, 7) is 2.83. The van der Waals surface area contributed by atoms with Crippen LogP contribution in [0.5, 0.6) is 0 Å². The van der Waals surface area contributed by atoms with Gasteiger partial charge in [-0.05, 0) is 25.1 Å². The van der Waals surface area contributed by atoms with E-state index in [4.69, 9.17) is 9.52 Å². The Bertz CT molecular complexity index is 660. The highest BCUT2D eigenvalue weighted by atomic mass is 16.4. The summed E-state index contributed by atoms with van der Waals surface area (Å²) in [7, 11) is 1.92. The lowest BCUT2D eigenvalue weighted by atomic mass is 10.1. The molecule has 0 spiro atoms. The summed E-state index contributed by atoms with van der Waals surface area (Å²) < 4.78 is 5.03. The first kappa shape index (κ1) is 12.2. The van der Waals surface area contributed by atoms with Gasteiger partial charge in [-0.15, -0.1) is 0 Å². The van der Waals surface area contributed by atoms with Crippen molar-refractivity contribution in [3.05, 3.63) is 40.2 Å². The lowest BCUT2D eigenvalue weighted by Gasteiger charge is -2.16. The third-order valence-corrected chi connectivity index (χ3v) is 2.87. The zero-order valence-electron chi connectivity index (χ0n) is 10.1. The summed E-state index contributed by atoms with van der Waals surface area (Å²) in [6, 6.07) is 6.66. The van der Waals surface area contributed by atoms with E-state index in [0.29, 0.717) is 11.0 Å². The van der Waals surface area contributed by atoms with Crippen molar-refractivity contribution < 1.29 is 14.3 Å². The minimum atomic E-state index is -1.28. The molecule has 0 unspecified atom stereocenters. The van der Waals surface area contributed by atoms with Crippen molar-refractivity contribution in [2.24, 2.45) is 0 Å². The Morgan fingerprint density at radius 1 is 1.39 bits per heavy atom. The molecule has 0 aliphatic rings. The molecule has 0 radical (unpaired) electrons. The molecule has 5 heteroatoms. The quantitative estimate of drug-likeness (QED) is 0.839. The highest BCUT2D eigenvalue weighted by Crippen LogP contribution is 2.21. The van der Waals surface area contributed by atoms with Crippen molar-refractivity contribution in [1.29, 1.82) is 0 Å². The maximum Gasteiger partial charge on any atom is 0.351 e. The average molecular weight is 247 g/mol. The molecule has 1 aromatic heterocycles. The number of rotatable bonds is 3. The molecule has 2 aromatic rings. The molecule has 94 valence electrons. The molecular formula is C13H13NO4. The molecule has 0 atom stereocenters. The van der Waals surface area contributed by atoms with Gasteiger partial charge in [0.1, 0.15) is 11.1 Å². The summed E-state index contributed by atoms with van der Waals surface area (Å²) in [5.41, 5.74) is 0.129. The fourth-order valence-corrected chi connectivity index (χ4v) is 1.67. The van der Waals surface area contributed by atoms with Crippen LogP contribution in [0.4, 0.5) is 5.69 Å². The predicted molar refractivity (Wildman–Crippen MR) is 68.4 cm³/mol. The molecule has 5 nitrogen and oxygen atoms in total. The van der Waals surface area contributed by atoms with E-state index >= 15 is 0 Å². The maximum atomic E-state index is 11.5. The lowest BCUT2D eigenvalue weighted by Crippen LogP contribution is -2.16. The van der Waals surface area contributed by atoms with Gasteiger partial charge in [-0.25, -0.2) is 9.59 Å². The summed E-state index contributed by atoms with van der Waals surface area (Å²) in [4.78, 5) is 24.3. The molecule has 18 heavy (non-hydrogen) atoms. The molecule has 0 saturated carbocycles. The van der Waals surface area contributed by atoms with Gasteiger partial charge in [0.15, 0.2) is 0 Å². The minimum absolute atomic E-state index is 0.348. The van der Waals surface area contributed by atoms with Crippen LogP contribution in [0, 0.1) is 0 Å². The van der Waals surface area contributed by atoms with Gasteiger partial charge < -0.3 is 14.4 Å². The fourth-order valence-electron chi connectivity index (χ4n) is 1.67. The van der Waals surface area contributed by atoms with Gasteiger partial charge in [0, 0.05) is 30.7 Å². The van der Waals surface area contributed by atoms with E-state index in [-0.39, 0.29) is 5.56 Å². The zero-order valence-corrected chi connectivity index (χ0v) is 10.1. The van der Waals surface area contributed by atoms with Crippen LogP contribution in [-0.2, 0) is 0 Å². The van der Waals surface area contributed by atoms with Crippen molar-refractivity contribution in [3.63, 3.8) is 0 Å². The molecule has 0 saturated heterocycles. The minimum Gasteiger partial charge on any atom is -0.477 e. The van der Waals surface area contributed by atoms with E-state index in [2.05, 4.69) is 0 Å². The number of fused-ring (bicyclic) bond motifs is 1. The molecule has 2 rings (SSSR count). The van der Waals surface area contributed by atoms with Gasteiger partial charge in [-0.3, -0.25) is 0 Å². The van der Waals surface area contributed by atoms with Crippen molar-refractivity contribution in [2.75, 3.05) is 18.5 Å². The van der Waals surface area contributed by atoms with Crippen LogP contribution in [0.2, 0.25) is 0 Å². The second kappa shape index (κ2) is 4.52. The number of carboxylic acid groups (broad SMARTS) is 1. The maximum absolute atomic E-state index is 11.5. The first-order chi connectivity index (χ1) is 8.52. The Morgan fingerprint density at radius 2 is 2.11 bits per heavy atom. The highest BCUT2D eigenvalue weighted by Gasteiger charge is 2.12. The monoisotopic (exact) mass is 247 g/mol. The Balaban J connectivity index is 2.63. The molecule has 0 fully saturated rings. The first-order valence-corrected chi connectivity index (χ1v) is 5.55. The second-order valence-corrected chi connectivity index (χ2v) is 3.99. The third kappa shape index (κ3) is 2.07. The van der Waals surface area contributed by atoms with Crippen LogP contribution >= 0.6 is 0 Å². The van der Waals surface area contributed by atoms with Crippen LogP contribution in [0.25, 0.3) is 11.0 Å². The van der Waals surface area contributed by atoms with Crippen molar-refractivity contribution in [1.82, 2.24) is 0 Å². The molecule has 1 aromatic carbocycles. The number of nitrogens with zero attached hydrogens (tertiary/aromatic N) is 1. The van der Waals surface area contributed by atoms with Crippen molar-refractivity contribution in [2.45, 2.75) is 6.92 Å². The molecular weight excluding hydrogens is 234 g/mol. The van der Waals surface area contributed by atoms with Crippen LogP contribution in [0.1, 0.15) is 17.3 Å². The summed E-state index contributed by atoms with van der Waals surface area (Å²) >= 11 is 0. The molecule has 0 bridgehead atoms. The molecule has 0 amide bonds. The van der Waals surface area contributed by atoms with Crippen LogP contribution < -0.4 is 10.5 Å². The summed E-state index contributed by atoms with van der Waals surface area (Å²) in [6.07, 6.45) is 0. The van der Waals surface area contributed by atoms with Gasteiger partial charge in [-0.1, -0.05) is 0 Å². The lowest BCUT2D eigenvalue weighted by molar-refractivity contribution is 0.0692. The van der Waals surface area contributed by atoms with E-state index in [9.17, 15) is 9.59 Å². The molecule has 1 N–H and O–H groups in total. The standard InChI is InChI=1S/C13H13NO4/c1-3-14(2)9-5-4-8-6-10(12(15)16)13(17)18-11(8)7-9/h4-7H,3H2,1-2H3,(H,15,16). The summed E-state index contributed by atoms with van der Waals surface area (Å²) in [5.74, 6) is -1.28. The molecule has 1 heterocycles. The van der Waals surface area contributed by atoms with Crippen LogP contribution in [-0.4, -0.2) is 24.7 Å². The number of carbonyl (C=O) groups is 1. The normalized spacial score (nSPS) is 10.6. The second-order valence-electron chi connectivity index (χ2n) is 3.99. The van der Waals surface area contributed by atoms with E-state index in [1.54, 1.807) is 12.1 Å². The van der Waals surface area contributed by atoms with E-state index < -0.39 is 11.6 Å². The van der Waals surface area contributed by atoms with E-state index in [1.807, 2.05) is 24.9 Å². The van der Waals surface area contributed by atoms with Crippen molar-refractivity contribution in [3.8, 4) is 0 Å². The molecule has 0 aliphatic heterocycles. The van der Waals surface area contributed by atoms with Gasteiger partial charge in [0.25, 0.3) is 0 Å². The Kier molecular flexibility index (Phi) is 3.06. The third-order valence-electron chi connectivity index (χ3n) is 2.87. The number of anilines is 1. The van der Waals surface area contributed by atoms with Gasteiger partial charge in [0.2, 0.25) is 0 Å². The van der Waals surface area contributed by atoms with Crippen LogP contribution in [0.3, 0.4) is 0 Å². The number of hydrogen-bond donors (Lipinski definition) is 1. The average Bonchev–Trinajstić information content (AvgIpc) is 2.35. The Hall–Kier alpha value is -2.30. The Labute approximate surface area is 103 Å². The first-order valence-electron chi connectivity index (χ1n) is 5.55. The predicted octanol–water partition coefficient (Wildman–Crippen LogP) is 1.95. The van der Waals surface area contributed by atoms with Gasteiger partial charge in [-0.2, -0.15) is 0 Å². The largest absolute Gasteiger partial charge is 0.477 e. The fraction of sp³-hybridized carbons (Fsp3) is 0.231. The van der Waals surface area contributed by atoms with Gasteiger partial charge in [0.05, 0.1) is 0 Å². The van der Waals surface area contributed by atoms with Crippen molar-refractivity contribution >= 4 is 22.6 Å². The van der Waals surface area contributed by atoms with E-state index in [1.165, 1.54) is 6.07 Å². The zero-order chi connectivity index (χ0) is 13.3. The topological polar surface area (TPSA) is 70.8 Å². The number of aromatic carboxylic acids is 1.